The average molecular weight is 293 g/mol. The summed E-state index contributed by atoms with van der Waals surface area (Å²) in [6.07, 6.45) is 7.36. The molecule has 6 heteroatoms. The van der Waals surface area contributed by atoms with Crippen molar-refractivity contribution in [3.8, 4) is 0 Å². The summed E-state index contributed by atoms with van der Waals surface area (Å²) in [7, 11) is 0. The smallest absolute Gasteiger partial charge is 0.0932 e. The number of nitrogens with zero attached hydrogens (tertiary/aromatic N) is 3. The van der Waals surface area contributed by atoms with E-state index in [1.54, 1.807) is 18.6 Å². The van der Waals surface area contributed by atoms with Crippen LogP contribution in [0.15, 0.2) is 36.9 Å². The van der Waals surface area contributed by atoms with Gasteiger partial charge in [0.15, 0.2) is 0 Å². The van der Waals surface area contributed by atoms with Crippen molar-refractivity contribution in [2.24, 2.45) is 0 Å². The summed E-state index contributed by atoms with van der Waals surface area (Å²) in [5.41, 5.74) is 1.02. The van der Waals surface area contributed by atoms with Gasteiger partial charge in [-0.1, -0.05) is 11.6 Å². The normalized spacial score (nSPS) is 27.1. The van der Waals surface area contributed by atoms with Gasteiger partial charge in [-0.3, -0.25) is 9.67 Å². The van der Waals surface area contributed by atoms with Crippen LogP contribution in [0.5, 0.6) is 0 Å². The topological polar surface area (TPSA) is 63.0 Å². The Morgan fingerprint density at radius 2 is 2.35 bits per heavy atom. The van der Waals surface area contributed by atoms with E-state index in [2.05, 4.69) is 22.3 Å². The minimum Gasteiger partial charge on any atom is -0.391 e. The molecule has 1 unspecified atom stereocenters. The van der Waals surface area contributed by atoms with E-state index in [0.29, 0.717) is 5.02 Å². The molecule has 106 valence electrons. The molecule has 2 heterocycles. The molecule has 1 aliphatic carbocycles. The lowest BCUT2D eigenvalue weighted by Crippen LogP contribution is -2.55. The van der Waals surface area contributed by atoms with Crippen molar-refractivity contribution in [1.82, 2.24) is 20.1 Å². The van der Waals surface area contributed by atoms with Gasteiger partial charge in [-0.25, -0.2) is 0 Å². The zero-order valence-electron chi connectivity index (χ0n) is 11.1. The average Bonchev–Trinajstić information content (AvgIpc) is 2.91. The fourth-order valence-electron chi connectivity index (χ4n) is 2.74. The fourth-order valence-corrected chi connectivity index (χ4v) is 3.03. The van der Waals surface area contributed by atoms with Gasteiger partial charge < -0.3 is 10.4 Å². The van der Waals surface area contributed by atoms with Crippen LogP contribution < -0.4 is 5.32 Å². The lowest BCUT2D eigenvalue weighted by atomic mass is 9.82. The molecule has 20 heavy (non-hydrogen) atoms. The number of hydrogen-bond acceptors (Lipinski definition) is 4. The van der Waals surface area contributed by atoms with Gasteiger partial charge in [-0.2, -0.15) is 5.10 Å². The van der Waals surface area contributed by atoms with E-state index in [1.807, 2.05) is 23.0 Å². The Balaban J connectivity index is 1.71. The van der Waals surface area contributed by atoms with E-state index in [-0.39, 0.29) is 24.2 Å². The number of aliphatic hydroxyl groups excluding tert-OH is 1. The fraction of sp³-hybridized carbons (Fsp3) is 0.429. The van der Waals surface area contributed by atoms with Crippen molar-refractivity contribution in [2.45, 2.75) is 37.6 Å². The maximum absolute atomic E-state index is 9.95. The molecule has 1 aliphatic rings. The van der Waals surface area contributed by atoms with E-state index in [9.17, 15) is 5.11 Å². The van der Waals surface area contributed by atoms with Crippen LogP contribution in [0.3, 0.4) is 0 Å². The Morgan fingerprint density at radius 3 is 3.00 bits per heavy atom. The van der Waals surface area contributed by atoms with Crippen molar-refractivity contribution in [3.05, 3.63) is 47.5 Å². The second kappa shape index (κ2) is 5.52. The molecule has 5 nitrogen and oxygen atoms in total. The van der Waals surface area contributed by atoms with Gasteiger partial charge >= 0.3 is 0 Å². The van der Waals surface area contributed by atoms with Gasteiger partial charge in [-0.15, -0.1) is 0 Å². The van der Waals surface area contributed by atoms with Crippen LogP contribution in [-0.4, -0.2) is 32.0 Å². The Labute approximate surface area is 122 Å². The quantitative estimate of drug-likeness (QED) is 0.904. The van der Waals surface area contributed by atoms with Gasteiger partial charge in [0.05, 0.1) is 17.2 Å². The first-order chi connectivity index (χ1) is 9.66. The second-order valence-electron chi connectivity index (χ2n) is 5.17. The molecule has 2 N–H and O–H groups in total. The minimum absolute atomic E-state index is 0.0203. The Kier molecular flexibility index (Phi) is 3.74. The number of aromatic nitrogens is 3. The number of halogens is 1. The molecule has 0 saturated heterocycles. The lowest BCUT2D eigenvalue weighted by Gasteiger charge is -2.43. The number of rotatable bonds is 4. The van der Waals surface area contributed by atoms with Crippen LogP contribution in [0.1, 0.15) is 31.0 Å². The van der Waals surface area contributed by atoms with Crippen molar-refractivity contribution >= 4 is 11.6 Å². The van der Waals surface area contributed by atoms with E-state index in [4.69, 9.17) is 11.6 Å². The van der Waals surface area contributed by atoms with Crippen LogP contribution in [0.4, 0.5) is 0 Å². The highest BCUT2D eigenvalue weighted by atomic mass is 35.5. The molecule has 0 aliphatic heterocycles. The monoisotopic (exact) mass is 292 g/mol. The van der Waals surface area contributed by atoms with Crippen LogP contribution >= 0.6 is 11.6 Å². The Morgan fingerprint density at radius 1 is 1.50 bits per heavy atom. The first-order valence-corrected chi connectivity index (χ1v) is 7.07. The molecule has 1 saturated carbocycles. The first-order valence-electron chi connectivity index (χ1n) is 6.69. The van der Waals surface area contributed by atoms with Gasteiger partial charge in [0, 0.05) is 36.9 Å². The van der Waals surface area contributed by atoms with Crippen molar-refractivity contribution in [1.29, 1.82) is 0 Å². The van der Waals surface area contributed by atoms with E-state index >= 15 is 0 Å². The van der Waals surface area contributed by atoms with Crippen LogP contribution in [-0.2, 0) is 0 Å². The van der Waals surface area contributed by atoms with Gasteiger partial charge in [-0.05, 0) is 31.0 Å². The summed E-state index contributed by atoms with van der Waals surface area (Å²) in [6, 6.07) is 4.04. The molecule has 0 spiro atoms. The number of hydrogen-bond donors (Lipinski definition) is 2. The summed E-state index contributed by atoms with van der Waals surface area (Å²) in [6.45, 7) is 2.06. The SMILES string of the molecule is CC(N[C@H]1C[C@@H](O)[C@@H]1n1cccn1)c1ccncc1Cl. The largest absolute Gasteiger partial charge is 0.391 e. The van der Waals surface area contributed by atoms with Crippen molar-refractivity contribution < 1.29 is 5.11 Å². The molecular weight excluding hydrogens is 276 g/mol. The first kappa shape index (κ1) is 13.5. The summed E-state index contributed by atoms with van der Waals surface area (Å²) < 4.78 is 1.81. The molecule has 2 aromatic rings. The standard InChI is InChI=1S/C14H17ClN4O/c1-9(10-3-5-16-8-11(10)15)18-12-7-13(20)14(12)19-6-2-4-17-19/h2-6,8-9,12-14,18,20H,7H2,1H3/t9?,12-,13+,14+/m0/s1. The predicted molar refractivity (Wildman–Crippen MR) is 76.5 cm³/mol. The zero-order chi connectivity index (χ0) is 14.1. The molecule has 0 bridgehead atoms. The molecule has 2 aromatic heterocycles. The molecule has 0 amide bonds. The Bertz CT molecular complexity index is 574. The minimum atomic E-state index is -0.354. The maximum atomic E-state index is 9.95. The lowest BCUT2D eigenvalue weighted by molar-refractivity contribution is -0.0110. The van der Waals surface area contributed by atoms with Crippen molar-refractivity contribution in [3.63, 3.8) is 0 Å². The summed E-state index contributed by atoms with van der Waals surface area (Å²) in [5.74, 6) is 0. The van der Waals surface area contributed by atoms with Crippen molar-refractivity contribution in [2.75, 3.05) is 0 Å². The van der Waals surface area contributed by atoms with Gasteiger partial charge in [0.25, 0.3) is 0 Å². The molecule has 1 fully saturated rings. The number of pyridine rings is 1. The van der Waals surface area contributed by atoms with E-state index in [1.165, 1.54) is 0 Å². The summed E-state index contributed by atoms with van der Waals surface area (Å²) in [5, 5.41) is 18.3. The summed E-state index contributed by atoms with van der Waals surface area (Å²) >= 11 is 6.16. The number of aliphatic hydroxyl groups is 1. The highest BCUT2D eigenvalue weighted by Crippen LogP contribution is 2.34. The van der Waals surface area contributed by atoms with Crippen LogP contribution in [0.2, 0.25) is 5.02 Å². The third-order valence-corrected chi connectivity index (χ3v) is 4.18. The molecule has 4 atom stereocenters. The maximum Gasteiger partial charge on any atom is 0.0932 e. The summed E-state index contributed by atoms with van der Waals surface area (Å²) in [4.78, 5) is 3.99. The van der Waals surface area contributed by atoms with Crippen LogP contribution in [0.25, 0.3) is 0 Å². The zero-order valence-corrected chi connectivity index (χ0v) is 11.9. The molecule has 3 rings (SSSR count). The highest BCUT2D eigenvalue weighted by Gasteiger charge is 2.42. The van der Waals surface area contributed by atoms with Crippen LogP contribution in [0, 0.1) is 0 Å². The molecular formula is C14H17ClN4O. The van der Waals surface area contributed by atoms with Gasteiger partial charge in [0.2, 0.25) is 0 Å². The number of nitrogens with one attached hydrogen (secondary N) is 1. The van der Waals surface area contributed by atoms with E-state index in [0.717, 1.165) is 12.0 Å². The second-order valence-corrected chi connectivity index (χ2v) is 5.58. The highest BCUT2D eigenvalue weighted by molar-refractivity contribution is 6.31. The predicted octanol–water partition coefficient (Wildman–Crippen LogP) is 1.96. The van der Waals surface area contributed by atoms with E-state index < -0.39 is 0 Å². The van der Waals surface area contributed by atoms with Gasteiger partial charge in [0.1, 0.15) is 0 Å². The third-order valence-electron chi connectivity index (χ3n) is 3.87. The molecule has 0 radical (unpaired) electrons. The molecule has 0 aromatic carbocycles. The Hall–Kier alpha value is -1.43. The third kappa shape index (κ3) is 2.44.